The second-order valence-electron chi connectivity index (χ2n) is 7.47. The Kier molecular flexibility index (Phi) is 4.08. The van der Waals surface area contributed by atoms with E-state index in [-0.39, 0.29) is 17.1 Å². The van der Waals surface area contributed by atoms with Gasteiger partial charge in [-0.3, -0.25) is 0 Å². The largest absolute Gasteiger partial charge is 0.505 e. The second kappa shape index (κ2) is 5.93. The molecular weight excluding hydrogens is 298 g/mol. The van der Waals surface area contributed by atoms with Gasteiger partial charge in [-0.05, 0) is 47.1 Å². The Morgan fingerprint density at radius 1 is 1.08 bits per heavy atom. The number of aromatic hydroxyl groups is 1. The number of benzene rings is 2. The Balaban J connectivity index is 2.25. The quantitative estimate of drug-likeness (QED) is 0.743. The number of rotatable bonds is 3. The van der Waals surface area contributed by atoms with Crippen LogP contribution < -0.4 is 0 Å². The van der Waals surface area contributed by atoms with Crippen molar-refractivity contribution in [2.45, 2.75) is 52.4 Å². The normalized spacial score (nSPS) is 13.4. The maximum Gasteiger partial charge on any atom is 0.146 e. The highest BCUT2D eigenvalue weighted by molar-refractivity contribution is 5.73. The van der Waals surface area contributed by atoms with E-state index in [2.05, 4.69) is 50.9 Å². The zero-order valence-electron chi connectivity index (χ0n) is 15.0. The molecule has 3 rings (SSSR count). The minimum atomic E-state index is -0.0166. The molecule has 0 spiro atoms. The van der Waals surface area contributed by atoms with Gasteiger partial charge < -0.3 is 5.11 Å². The first-order valence-electron chi connectivity index (χ1n) is 8.51. The number of aromatic nitrogens is 3. The van der Waals surface area contributed by atoms with E-state index in [9.17, 15) is 5.11 Å². The molecule has 1 N–H and O–H groups in total. The van der Waals surface area contributed by atoms with E-state index in [0.29, 0.717) is 5.69 Å². The number of phenols is 1. The third kappa shape index (κ3) is 2.88. The van der Waals surface area contributed by atoms with Crippen LogP contribution in [-0.2, 0) is 5.41 Å². The second-order valence-corrected chi connectivity index (χ2v) is 7.47. The summed E-state index contributed by atoms with van der Waals surface area (Å²) in [5.41, 5.74) is 4.41. The highest BCUT2D eigenvalue weighted by Gasteiger charge is 2.22. The minimum Gasteiger partial charge on any atom is -0.505 e. The highest BCUT2D eigenvalue weighted by atomic mass is 16.3. The van der Waals surface area contributed by atoms with Gasteiger partial charge >= 0.3 is 0 Å². The zero-order chi connectivity index (χ0) is 17.5. The first-order valence-corrected chi connectivity index (χ1v) is 8.51. The SMILES string of the molecule is CCC(C)c1cc(C(C)(C)C)cc(-n2nc3ccccc3n2)c1O. The summed E-state index contributed by atoms with van der Waals surface area (Å²) in [6.07, 6.45) is 0.967. The fourth-order valence-electron chi connectivity index (χ4n) is 2.79. The molecule has 1 aromatic heterocycles. The van der Waals surface area contributed by atoms with Gasteiger partial charge in [0.15, 0.2) is 0 Å². The van der Waals surface area contributed by atoms with Crippen molar-refractivity contribution in [2.24, 2.45) is 0 Å². The molecule has 24 heavy (non-hydrogen) atoms. The van der Waals surface area contributed by atoms with Gasteiger partial charge in [-0.15, -0.1) is 15.0 Å². The molecule has 3 aromatic rings. The molecule has 0 amide bonds. The zero-order valence-corrected chi connectivity index (χ0v) is 15.0. The summed E-state index contributed by atoms with van der Waals surface area (Å²) in [5.74, 6) is 0.550. The summed E-state index contributed by atoms with van der Waals surface area (Å²) in [6, 6.07) is 11.9. The number of fused-ring (bicyclic) bond motifs is 1. The Morgan fingerprint density at radius 3 is 2.17 bits per heavy atom. The van der Waals surface area contributed by atoms with Crippen molar-refractivity contribution in [2.75, 3.05) is 0 Å². The standard InChI is InChI=1S/C20H25N3O/c1-6-13(2)15-11-14(20(3,4)5)12-18(19(15)24)23-21-16-9-7-8-10-17(16)22-23/h7-13,24H,6H2,1-5H3. The van der Waals surface area contributed by atoms with Crippen LogP contribution in [0.5, 0.6) is 5.75 Å². The Hall–Kier alpha value is -2.36. The highest BCUT2D eigenvalue weighted by Crippen LogP contribution is 2.37. The summed E-state index contributed by atoms with van der Waals surface area (Å²) in [6.45, 7) is 10.8. The van der Waals surface area contributed by atoms with Crippen LogP contribution in [0.1, 0.15) is 58.1 Å². The van der Waals surface area contributed by atoms with Crippen molar-refractivity contribution in [3.05, 3.63) is 47.5 Å². The van der Waals surface area contributed by atoms with Gasteiger partial charge in [0.2, 0.25) is 0 Å². The summed E-state index contributed by atoms with van der Waals surface area (Å²) in [5, 5.41) is 19.9. The first kappa shape index (κ1) is 16.5. The van der Waals surface area contributed by atoms with Crippen LogP contribution in [0, 0.1) is 0 Å². The van der Waals surface area contributed by atoms with E-state index in [1.165, 1.54) is 5.56 Å². The van der Waals surface area contributed by atoms with Crippen LogP contribution in [0.25, 0.3) is 16.7 Å². The monoisotopic (exact) mass is 323 g/mol. The van der Waals surface area contributed by atoms with E-state index < -0.39 is 0 Å². The lowest BCUT2D eigenvalue weighted by atomic mass is 9.83. The van der Waals surface area contributed by atoms with Crippen LogP contribution in [0.4, 0.5) is 0 Å². The van der Waals surface area contributed by atoms with E-state index in [1.54, 1.807) is 4.80 Å². The van der Waals surface area contributed by atoms with Crippen LogP contribution in [0.2, 0.25) is 0 Å². The summed E-state index contributed by atoms with van der Waals surface area (Å²) in [7, 11) is 0. The molecule has 4 heteroatoms. The maximum atomic E-state index is 10.9. The van der Waals surface area contributed by atoms with Gasteiger partial charge in [-0.2, -0.15) is 0 Å². The molecule has 1 heterocycles. The molecular formula is C20H25N3O. The number of hydrogen-bond acceptors (Lipinski definition) is 3. The van der Waals surface area contributed by atoms with Gasteiger partial charge in [-0.1, -0.05) is 52.8 Å². The van der Waals surface area contributed by atoms with Gasteiger partial charge in [0.1, 0.15) is 22.5 Å². The van der Waals surface area contributed by atoms with E-state index in [1.807, 2.05) is 30.3 Å². The Labute approximate surface area is 143 Å². The molecule has 0 saturated carbocycles. The lowest BCUT2D eigenvalue weighted by Gasteiger charge is -2.23. The first-order chi connectivity index (χ1) is 11.3. The van der Waals surface area contributed by atoms with Crippen LogP contribution in [-0.4, -0.2) is 20.1 Å². The summed E-state index contributed by atoms with van der Waals surface area (Å²) >= 11 is 0. The average Bonchev–Trinajstić information content (AvgIpc) is 2.97. The summed E-state index contributed by atoms with van der Waals surface area (Å²) in [4.78, 5) is 1.56. The minimum absolute atomic E-state index is 0.0166. The van der Waals surface area contributed by atoms with Crippen LogP contribution in [0.3, 0.4) is 0 Å². The fourth-order valence-corrected chi connectivity index (χ4v) is 2.79. The van der Waals surface area contributed by atoms with Crippen LogP contribution in [0.15, 0.2) is 36.4 Å². The molecule has 1 atom stereocenters. The number of phenolic OH excluding ortho intramolecular Hbond substituents is 1. The summed E-state index contributed by atoms with van der Waals surface area (Å²) < 4.78 is 0. The molecule has 4 nitrogen and oxygen atoms in total. The third-order valence-electron chi connectivity index (χ3n) is 4.63. The predicted molar refractivity (Wildman–Crippen MR) is 97.9 cm³/mol. The lowest BCUT2D eigenvalue weighted by Crippen LogP contribution is -2.14. The van der Waals surface area contributed by atoms with Crippen molar-refractivity contribution < 1.29 is 5.11 Å². The van der Waals surface area contributed by atoms with E-state index in [4.69, 9.17) is 0 Å². The predicted octanol–water partition coefficient (Wildman–Crippen LogP) is 4.94. The molecule has 2 aromatic carbocycles. The molecule has 0 aliphatic rings. The van der Waals surface area contributed by atoms with Crippen molar-refractivity contribution in [3.8, 4) is 11.4 Å². The fraction of sp³-hybridized carbons (Fsp3) is 0.400. The molecule has 0 bridgehead atoms. The number of hydrogen-bond donors (Lipinski definition) is 1. The molecule has 0 radical (unpaired) electrons. The smallest absolute Gasteiger partial charge is 0.146 e. The van der Waals surface area contributed by atoms with Crippen molar-refractivity contribution in [1.29, 1.82) is 0 Å². The van der Waals surface area contributed by atoms with Gasteiger partial charge in [0.25, 0.3) is 0 Å². The maximum absolute atomic E-state index is 10.9. The molecule has 0 aliphatic heterocycles. The van der Waals surface area contributed by atoms with Crippen molar-refractivity contribution >= 4 is 11.0 Å². The van der Waals surface area contributed by atoms with Gasteiger partial charge in [0.05, 0.1) is 0 Å². The van der Waals surface area contributed by atoms with Gasteiger partial charge in [0, 0.05) is 0 Å². The lowest BCUT2D eigenvalue weighted by molar-refractivity contribution is 0.453. The topological polar surface area (TPSA) is 50.9 Å². The van der Waals surface area contributed by atoms with Crippen molar-refractivity contribution in [1.82, 2.24) is 15.0 Å². The molecule has 0 fully saturated rings. The van der Waals surface area contributed by atoms with E-state index >= 15 is 0 Å². The molecule has 126 valence electrons. The average molecular weight is 323 g/mol. The molecule has 1 unspecified atom stereocenters. The molecule has 0 saturated heterocycles. The van der Waals surface area contributed by atoms with Gasteiger partial charge in [-0.25, -0.2) is 0 Å². The van der Waals surface area contributed by atoms with E-state index in [0.717, 1.165) is 23.0 Å². The molecule has 0 aliphatic carbocycles. The Morgan fingerprint density at radius 2 is 1.67 bits per heavy atom. The van der Waals surface area contributed by atoms with Crippen LogP contribution >= 0.6 is 0 Å². The third-order valence-corrected chi connectivity index (χ3v) is 4.63. The van der Waals surface area contributed by atoms with Crippen molar-refractivity contribution in [3.63, 3.8) is 0 Å². The number of nitrogens with zero attached hydrogens (tertiary/aromatic N) is 3. The Bertz CT molecular complexity index is 841.